The second-order valence-electron chi connectivity index (χ2n) is 7.19. The summed E-state index contributed by atoms with van der Waals surface area (Å²) in [6.07, 6.45) is 0.990. The fourth-order valence-electron chi connectivity index (χ4n) is 4.39. The predicted molar refractivity (Wildman–Crippen MR) is 101 cm³/mol. The molecule has 2 atom stereocenters. The molecule has 0 aliphatic carbocycles. The molecule has 1 fully saturated rings. The van der Waals surface area contributed by atoms with Gasteiger partial charge in [0, 0.05) is 31.8 Å². The van der Waals surface area contributed by atoms with Gasteiger partial charge in [-0.25, -0.2) is 4.79 Å². The Bertz CT molecular complexity index is 814. The van der Waals surface area contributed by atoms with Crippen molar-refractivity contribution in [2.45, 2.75) is 24.9 Å². The lowest BCUT2D eigenvalue weighted by atomic mass is 9.81. The zero-order valence-electron chi connectivity index (χ0n) is 14.8. The number of ether oxygens (including phenoxy) is 1. The van der Waals surface area contributed by atoms with Crippen molar-refractivity contribution >= 4 is 17.5 Å². The van der Waals surface area contributed by atoms with E-state index in [0.29, 0.717) is 11.9 Å². The van der Waals surface area contributed by atoms with Crippen molar-refractivity contribution in [3.8, 4) is 5.75 Å². The maximum Gasteiger partial charge on any atom is 0.417 e. The number of carbonyl (C=O) groups is 1. The third kappa shape index (κ3) is 2.55. The largest absolute Gasteiger partial charge is 0.417 e. The highest BCUT2D eigenvalue weighted by atomic mass is 16.6. The van der Waals surface area contributed by atoms with Crippen LogP contribution in [0, 0.1) is 0 Å². The molecule has 2 aromatic carbocycles. The highest BCUT2D eigenvalue weighted by Crippen LogP contribution is 2.51. The number of para-hydroxylation sites is 1. The van der Waals surface area contributed by atoms with Crippen LogP contribution < -0.4 is 15.0 Å². The van der Waals surface area contributed by atoms with Gasteiger partial charge in [0.2, 0.25) is 0 Å². The molecule has 2 aliphatic rings. The Morgan fingerprint density at radius 2 is 2.00 bits per heavy atom. The number of amides is 1. The Morgan fingerprint density at radius 3 is 2.76 bits per heavy atom. The van der Waals surface area contributed by atoms with E-state index in [4.69, 9.17) is 4.74 Å². The number of fused-ring (bicyclic) bond motifs is 3. The molecule has 1 N–H and O–H groups in total. The van der Waals surface area contributed by atoms with Gasteiger partial charge in [0.15, 0.2) is 0 Å². The van der Waals surface area contributed by atoms with E-state index in [1.54, 1.807) is 0 Å². The van der Waals surface area contributed by atoms with E-state index in [1.807, 2.05) is 42.5 Å². The molecule has 1 unspecified atom stereocenters. The first-order chi connectivity index (χ1) is 12.0. The Hall–Kier alpha value is -2.53. The Morgan fingerprint density at radius 1 is 1.24 bits per heavy atom. The van der Waals surface area contributed by atoms with Gasteiger partial charge in [-0.15, -0.1) is 0 Å². The molecule has 2 aromatic rings. The molecule has 2 heterocycles. The van der Waals surface area contributed by atoms with Crippen molar-refractivity contribution in [1.82, 2.24) is 4.90 Å². The summed E-state index contributed by atoms with van der Waals surface area (Å²) < 4.78 is 5.52. The van der Waals surface area contributed by atoms with Crippen molar-refractivity contribution in [1.29, 1.82) is 0 Å². The number of hydrogen-bond acceptors (Lipinski definition) is 4. The summed E-state index contributed by atoms with van der Waals surface area (Å²) in [6.45, 7) is 3.38. The van der Waals surface area contributed by atoms with Gasteiger partial charge in [0.05, 0.1) is 6.17 Å². The summed E-state index contributed by atoms with van der Waals surface area (Å²) in [5, 5.41) is 2.75. The van der Waals surface area contributed by atoms with Crippen molar-refractivity contribution in [3.05, 3.63) is 54.1 Å². The van der Waals surface area contributed by atoms with Crippen LogP contribution in [0.4, 0.5) is 16.2 Å². The fraction of sp³-hybridized carbons (Fsp3) is 0.350. The van der Waals surface area contributed by atoms with E-state index in [1.165, 1.54) is 11.3 Å². The van der Waals surface area contributed by atoms with Crippen LogP contribution in [-0.4, -0.2) is 37.8 Å². The Labute approximate surface area is 149 Å². The highest BCUT2D eigenvalue weighted by molar-refractivity contribution is 5.86. The maximum atomic E-state index is 12.2. The lowest BCUT2D eigenvalue weighted by Crippen LogP contribution is -2.45. The van der Waals surface area contributed by atoms with Crippen LogP contribution in [0.5, 0.6) is 5.75 Å². The lowest BCUT2D eigenvalue weighted by molar-refractivity contribution is 0.215. The van der Waals surface area contributed by atoms with Gasteiger partial charge in [-0.05, 0) is 49.4 Å². The first kappa shape index (κ1) is 16.0. The standard InChI is InChI=1S/C20H23N3O2.H2/c1-20-11-12-22(2)18(20)23(3)17-10-9-15(13-16(17)20)25-19(24)21-14-7-5-4-6-8-14;/h4-10,13,18H,11-12H2,1-3H3,(H,21,24);1H/t18?,20-;/m1./s1. The van der Waals surface area contributed by atoms with Gasteiger partial charge >= 0.3 is 6.09 Å². The Kier molecular flexibility index (Phi) is 3.69. The second kappa shape index (κ2) is 5.77. The molecule has 132 valence electrons. The molecular formula is C20H25N3O2. The normalized spacial score (nSPS) is 24.8. The minimum absolute atomic E-state index is 0. The van der Waals surface area contributed by atoms with Crippen molar-refractivity contribution < 1.29 is 11.0 Å². The van der Waals surface area contributed by atoms with Crippen LogP contribution in [-0.2, 0) is 5.41 Å². The number of hydrogen-bond donors (Lipinski definition) is 1. The van der Waals surface area contributed by atoms with Gasteiger partial charge in [-0.3, -0.25) is 10.2 Å². The number of anilines is 2. The summed E-state index contributed by atoms with van der Waals surface area (Å²) >= 11 is 0. The average molecular weight is 339 g/mol. The minimum atomic E-state index is -0.470. The molecule has 2 aliphatic heterocycles. The quantitative estimate of drug-likeness (QED) is 0.901. The van der Waals surface area contributed by atoms with Gasteiger partial charge in [-0.2, -0.15) is 0 Å². The zero-order valence-corrected chi connectivity index (χ0v) is 14.8. The van der Waals surface area contributed by atoms with E-state index >= 15 is 0 Å². The molecule has 5 nitrogen and oxygen atoms in total. The molecule has 0 radical (unpaired) electrons. The topological polar surface area (TPSA) is 44.8 Å². The second-order valence-corrected chi connectivity index (χ2v) is 7.19. The molecule has 5 heteroatoms. The number of rotatable bonds is 2. The first-order valence-corrected chi connectivity index (χ1v) is 8.60. The van der Waals surface area contributed by atoms with E-state index < -0.39 is 6.09 Å². The molecule has 0 aromatic heterocycles. The van der Waals surface area contributed by atoms with Crippen molar-refractivity contribution in [3.63, 3.8) is 0 Å². The molecule has 0 saturated carbocycles. The minimum Gasteiger partial charge on any atom is -0.410 e. The number of carbonyl (C=O) groups excluding carboxylic acids is 1. The molecule has 1 amide bonds. The zero-order chi connectivity index (χ0) is 17.6. The van der Waals surface area contributed by atoms with Crippen LogP contribution >= 0.6 is 0 Å². The number of nitrogens with zero attached hydrogens (tertiary/aromatic N) is 2. The smallest absolute Gasteiger partial charge is 0.410 e. The summed E-state index contributed by atoms with van der Waals surface area (Å²) in [7, 11) is 4.31. The van der Waals surface area contributed by atoms with Crippen molar-refractivity contribution in [2.24, 2.45) is 0 Å². The maximum absolute atomic E-state index is 12.2. The lowest BCUT2D eigenvalue weighted by Gasteiger charge is -2.32. The number of nitrogens with one attached hydrogen (secondary N) is 1. The fourth-order valence-corrected chi connectivity index (χ4v) is 4.39. The third-order valence-electron chi connectivity index (χ3n) is 5.53. The molecule has 25 heavy (non-hydrogen) atoms. The summed E-state index contributed by atoms with van der Waals surface area (Å²) in [5.41, 5.74) is 3.26. The van der Waals surface area contributed by atoms with E-state index in [-0.39, 0.29) is 6.84 Å². The van der Waals surface area contributed by atoms with Crippen LogP contribution in [0.1, 0.15) is 20.3 Å². The first-order valence-electron chi connectivity index (χ1n) is 8.60. The highest BCUT2D eigenvalue weighted by Gasteiger charge is 2.52. The van der Waals surface area contributed by atoms with Crippen LogP contribution in [0.3, 0.4) is 0 Å². The Balaban J connectivity index is 0.00000196. The van der Waals surface area contributed by atoms with E-state index in [2.05, 4.69) is 42.2 Å². The number of benzene rings is 2. The summed E-state index contributed by atoms with van der Waals surface area (Å²) in [4.78, 5) is 16.9. The van der Waals surface area contributed by atoms with Crippen LogP contribution in [0.15, 0.2) is 48.5 Å². The summed E-state index contributed by atoms with van der Waals surface area (Å²) in [5.74, 6) is 0.581. The van der Waals surface area contributed by atoms with Crippen molar-refractivity contribution in [2.75, 3.05) is 30.9 Å². The van der Waals surface area contributed by atoms with Crippen LogP contribution in [0.2, 0.25) is 0 Å². The van der Waals surface area contributed by atoms with Crippen LogP contribution in [0.25, 0.3) is 0 Å². The SMILES string of the molecule is CN1CC[C@]2(C)c3cc(OC(=O)Nc4ccccc4)ccc3N(C)C12.[HH]. The van der Waals surface area contributed by atoms with Gasteiger partial charge in [-0.1, -0.05) is 25.1 Å². The molecule has 4 rings (SSSR count). The van der Waals surface area contributed by atoms with Gasteiger partial charge < -0.3 is 9.64 Å². The number of likely N-dealkylation sites (tertiary alicyclic amines) is 1. The van der Waals surface area contributed by atoms with E-state index in [0.717, 1.165) is 18.7 Å². The number of likely N-dealkylation sites (N-methyl/N-ethyl adjacent to an activating group) is 2. The van der Waals surface area contributed by atoms with Gasteiger partial charge in [0.1, 0.15) is 5.75 Å². The van der Waals surface area contributed by atoms with Gasteiger partial charge in [0.25, 0.3) is 0 Å². The third-order valence-corrected chi connectivity index (χ3v) is 5.53. The monoisotopic (exact) mass is 339 g/mol. The predicted octanol–water partition coefficient (Wildman–Crippen LogP) is 3.91. The molecule has 1 saturated heterocycles. The molecule has 0 bridgehead atoms. The van der Waals surface area contributed by atoms with E-state index in [9.17, 15) is 4.79 Å². The molecular weight excluding hydrogens is 314 g/mol. The average Bonchev–Trinajstić information content (AvgIpc) is 3.01. The molecule has 0 spiro atoms. The summed E-state index contributed by atoms with van der Waals surface area (Å²) in [6, 6.07) is 15.3.